The number of rotatable bonds is 2. The molecule has 1 fully saturated rings. The molecule has 2 aliphatic rings. The average Bonchev–Trinajstić information content (AvgIpc) is 2.94. The van der Waals surface area contributed by atoms with E-state index in [0.717, 1.165) is 5.82 Å². The molecule has 1 atom stereocenters. The topological polar surface area (TPSA) is 90.8 Å². The third kappa shape index (κ3) is 2.69. The van der Waals surface area contributed by atoms with Gasteiger partial charge in [0.2, 0.25) is 5.91 Å². The predicted molar refractivity (Wildman–Crippen MR) is 75.6 cm³/mol. The molecule has 1 N–H and O–H groups in total. The highest BCUT2D eigenvalue weighted by Crippen LogP contribution is 2.17. The van der Waals surface area contributed by atoms with E-state index >= 15 is 0 Å². The molecule has 0 aromatic carbocycles. The first-order valence-corrected chi connectivity index (χ1v) is 6.82. The van der Waals surface area contributed by atoms with Gasteiger partial charge in [-0.05, 0) is 6.92 Å². The molecular formula is C13H16N6O2. The first-order chi connectivity index (χ1) is 10.1. The lowest BCUT2D eigenvalue weighted by atomic mass is 10.1. The molecule has 2 amide bonds. The van der Waals surface area contributed by atoms with E-state index in [1.165, 1.54) is 0 Å². The van der Waals surface area contributed by atoms with Crippen LogP contribution < -0.4 is 10.3 Å². The molecule has 3 rings (SSSR count). The molecule has 2 aliphatic heterocycles. The number of hydrogen-bond acceptors (Lipinski definition) is 6. The van der Waals surface area contributed by atoms with Gasteiger partial charge in [-0.25, -0.2) is 10.4 Å². The molecule has 21 heavy (non-hydrogen) atoms. The van der Waals surface area contributed by atoms with E-state index in [2.05, 4.69) is 25.4 Å². The Morgan fingerprint density at radius 1 is 1.38 bits per heavy atom. The highest BCUT2D eigenvalue weighted by molar-refractivity contribution is 6.43. The average molecular weight is 288 g/mol. The van der Waals surface area contributed by atoms with Crippen molar-refractivity contribution in [3.8, 4) is 0 Å². The summed E-state index contributed by atoms with van der Waals surface area (Å²) in [7, 11) is 0. The summed E-state index contributed by atoms with van der Waals surface area (Å²) in [5.74, 6) is 0.413. The van der Waals surface area contributed by atoms with Gasteiger partial charge in [0.05, 0.1) is 12.6 Å². The number of nitrogens with one attached hydrogen (secondary N) is 1. The van der Waals surface area contributed by atoms with Crippen LogP contribution in [0.4, 0.5) is 5.82 Å². The highest BCUT2D eigenvalue weighted by atomic mass is 16.2. The fraction of sp³-hybridized carbons (Fsp3) is 0.462. The molecule has 1 aromatic rings. The summed E-state index contributed by atoms with van der Waals surface area (Å²) in [6, 6.07) is 0.130. The number of piperazine rings is 1. The molecule has 0 bridgehead atoms. The number of anilines is 1. The van der Waals surface area contributed by atoms with Crippen LogP contribution in [0.2, 0.25) is 0 Å². The van der Waals surface area contributed by atoms with Gasteiger partial charge in [0.25, 0.3) is 5.91 Å². The molecule has 0 spiro atoms. The smallest absolute Gasteiger partial charge is 0.270 e. The summed E-state index contributed by atoms with van der Waals surface area (Å²) in [6.07, 6.45) is 5.08. The van der Waals surface area contributed by atoms with Gasteiger partial charge < -0.3 is 9.80 Å². The molecule has 1 aromatic heterocycles. The van der Waals surface area contributed by atoms with Crippen LogP contribution in [0, 0.1) is 0 Å². The first kappa shape index (κ1) is 13.5. The van der Waals surface area contributed by atoms with Gasteiger partial charge in [-0.2, -0.15) is 5.10 Å². The summed E-state index contributed by atoms with van der Waals surface area (Å²) in [4.78, 5) is 35.6. The predicted octanol–water partition coefficient (Wildman–Crippen LogP) is -0.610. The van der Waals surface area contributed by atoms with Crippen molar-refractivity contribution in [1.29, 1.82) is 0 Å². The fourth-order valence-corrected chi connectivity index (χ4v) is 2.59. The van der Waals surface area contributed by atoms with Crippen LogP contribution in [0.5, 0.6) is 0 Å². The second kappa shape index (κ2) is 5.47. The first-order valence-electron chi connectivity index (χ1n) is 6.82. The number of hydrazone groups is 1. The van der Waals surface area contributed by atoms with Gasteiger partial charge in [-0.3, -0.25) is 14.6 Å². The van der Waals surface area contributed by atoms with E-state index in [4.69, 9.17) is 0 Å². The number of amides is 2. The van der Waals surface area contributed by atoms with Crippen molar-refractivity contribution in [1.82, 2.24) is 20.3 Å². The van der Waals surface area contributed by atoms with Gasteiger partial charge in [0, 0.05) is 38.1 Å². The number of carbonyl (C=O) groups is 2. The highest BCUT2D eigenvalue weighted by Gasteiger charge is 2.31. The Morgan fingerprint density at radius 3 is 2.86 bits per heavy atom. The summed E-state index contributed by atoms with van der Waals surface area (Å²) in [6.45, 7) is 3.86. The normalized spacial score (nSPS) is 22.0. The Morgan fingerprint density at radius 2 is 2.24 bits per heavy atom. The molecule has 1 saturated heterocycles. The molecule has 110 valence electrons. The minimum absolute atomic E-state index is 0.0671. The molecule has 8 nitrogen and oxygen atoms in total. The molecule has 0 aliphatic carbocycles. The van der Waals surface area contributed by atoms with Crippen LogP contribution in [0.15, 0.2) is 23.7 Å². The molecular weight excluding hydrogens is 272 g/mol. The van der Waals surface area contributed by atoms with E-state index in [0.29, 0.717) is 25.3 Å². The Balaban J connectivity index is 1.66. The molecule has 1 unspecified atom stereocenters. The third-order valence-electron chi connectivity index (χ3n) is 3.65. The van der Waals surface area contributed by atoms with Gasteiger partial charge in [0.15, 0.2) is 0 Å². The summed E-state index contributed by atoms with van der Waals surface area (Å²) in [5.41, 5.74) is 2.60. The molecule has 0 saturated carbocycles. The van der Waals surface area contributed by atoms with Crippen molar-refractivity contribution in [2.45, 2.75) is 19.4 Å². The zero-order valence-electron chi connectivity index (χ0n) is 11.7. The monoisotopic (exact) mass is 288 g/mol. The van der Waals surface area contributed by atoms with Gasteiger partial charge in [-0.15, -0.1) is 0 Å². The number of nitrogens with zero attached hydrogens (tertiary/aromatic N) is 5. The van der Waals surface area contributed by atoms with Crippen LogP contribution in [-0.4, -0.2) is 58.1 Å². The maximum atomic E-state index is 12.3. The Hall–Kier alpha value is -2.51. The maximum absolute atomic E-state index is 12.3. The van der Waals surface area contributed by atoms with Gasteiger partial charge in [-0.1, -0.05) is 0 Å². The van der Waals surface area contributed by atoms with Crippen molar-refractivity contribution in [3.63, 3.8) is 0 Å². The van der Waals surface area contributed by atoms with E-state index in [1.807, 2.05) is 6.92 Å². The fourth-order valence-electron chi connectivity index (χ4n) is 2.59. The largest absolute Gasteiger partial charge is 0.349 e. The van der Waals surface area contributed by atoms with Crippen molar-refractivity contribution < 1.29 is 9.59 Å². The minimum Gasteiger partial charge on any atom is -0.349 e. The van der Waals surface area contributed by atoms with Gasteiger partial charge >= 0.3 is 0 Å². The zero-order chi connectivity index (χ0) is 14.8. The van der Waals surface area contributed by atoms with Crippen molar-refractivity contribution >= 4 is 23.3 Å². The summed E-state index contributed by atoms with van der Waals surface area (Å²) < 4.78 is 0. The SMILES string of the molecule is CC1CN(C(=O)C2=NNC(=O)C2)CCN1c1cnccn1. The van der Waals surface area contributed by atoms with Crippen molar-refractivity contribution in [2.75, 3.05) is 24.5 Å². The van der Waals surface area contributed by atoms with Crippen LogP contribution in [0.25, 0.3) is 0 Å². The lowest BCUT2D eigenvalue weighted by molar-refractivity contribution is -0.125. The van der Waals surface area contributed by atoms with E-state index < -0.39 is 0 Å². The third-order valence-corrected chi connectivity index (χ3v) is 3.65. The Bertz CT molecular complexity index is 588. The van der Waals surface area contributed by atoms with Crippen LogP contribution in [0.3, 0.4) is 0 Å². The molecule has 3 heterocycles. The second-order valence-corrected chi connectivity index (χ2v) is 5.13. The number of carbonyl (C=O) groups excluding carboxylic acids is 2. The standard InChI is InChI=1S/C13H16N6O2/c1-9-8-18(13(21)10-6-12(20)17-16-10)4-5-19(9)11-7-14-2-3-15-11/h2-3,7,9H,4-6,8H2,1H3,(H,17,20). The number of aromatic nitrogens is 2. The van der Waals surface area contributed by atoms with Crippen molar-refractivity contribution in [2.24, 2.45) is 5.10 Å². The quantitative estimate of drug-likeness (QED) is 0.784. The second-order valence-electron chi connectivity index (χ2n) is 5.13. The minimum atomic E-state index is -0.232. The summed E-state index contributed by atoms with van der Waals surface area (Å²) >= 11 is 0. The van der Waals surface area contributed by atoms with Crippen LogP contribution in [0.1, 0.15) is 13.3 Å². The van der Waals surface area contributed by atoms with Crippen LogP contribution in [-0.2, 0) is 9.59 Å². The number of hydrogen-bond donors (Lipinski definition) is 1. The van der Waals surface area contributed by atoms with Gasteiger partial charge in [0.1, 0.15) is 11.5 Å². The maximum Gasteiger partial charge on any atom is 0.270 e. The lowest BCUT2D eigenvalue weighted by Crippen LogP contribution is -2.55. The molecule has 8 heteroatoms. The zero-order valence-corrected chi connectivity index (χ0v) is 11.7. The molecule has 0 radical (unpaired) electrons. The Labute approximate surface area is 121 Å². The van der Waals surface area contributed by atoms with E-state index in [1.54, 1.807) is 23.5 Å². The Kier molecular flexibility index (Phi) is 3.51. The van der Waals surface area contributed by atoms with E-state index in [9.17, 15) is 9.59 Å². The van der Waals surface area contributed by atoms with Crippen LogP contribution >= 0.6 is 0 Å². The lowest BCUT2D eigenvalue weighted by Gasteiger charge is -2.40. The summed E-state index contributed by atoms with van der Waals surface area (Å²) in [5, 5.41) is 3.78. The van der Waals surface area contributed by atoms with E-state index in [-0.39, 0.29) is 24.3 Å². The van der Waals surface area contributed by atoms with Crippen molar-refractivity contribution in [3.05, 3.63) is 18.6 Å².